The molecule has 100 valence electrons. The number of rotatable bonds is 5. The maximum absolute atomic E-state index is 11.5. The van der Waals surface area contributed by atoms with E-state index in [1.54, 1.807) is 25.1 Å². The molecule has 0 unspecified atom stereocenters. The van der Waals surface area contributed by atoms with Crippen LogP contribution < -0.4 is 10.6 Å². The first-order chi connectivity index (χ1) is 9.15. The number of aromatic nitrogens is 2. The maximum Gasteiger partial charge on any atom is 0.287 e. The monoisotopic (exact) mass is 280 g/mol. The lowest BCUT2D eigenvalue weighted by Crippen LogP contribution is -2.28. The Bertz CT molecular complexity index is 537. The molecule has 2 N–H and O–H groups in total. The lowest BCUT2D eigenvalue weighted by Gasteiger charge is -2.07. The fourth-order valence-electron chi connectivity index (χ4n) is 1.48. The molecular formula is C12H13ClN4O2. The van der Waals surface area contributed by atoms with Crippen molar-refractivity contribution >= 4 is 23.3 Å². The summed E-state index contributed by atoms with van der Waals surface area (Å²) in [5, 5.41) is 6.14. The van der Waals surface area contributed by atoms with Crippen LogP contribution in [0.4, 0.5) is 5.82 Å². The van der Waals surface area contributed by atoms with E-state index in [2.05, 4.69) is 20.6 Å². The largest absolute Gasteiger partial charge is 0.459 e. The van der Waals surface area contributed by atoms with Crippen molar-refractivity contribution in [1.82, 2.24) is 15.3 Å². The number of halogens is 1. The zero-order valence-corrected chi connectivity index (χ0v) is 11.1. The van der Waals surface area contributed by atoms with Crippen LogP contribution in [-0.2, 0) is 0 Å². The van der Waals surface area contributed by atoms with Gasteiger partial charge in [0.2, 0.25) is 0 Å². The third-order valence-electron chi connectivity index (χ3n) is 2.27. The number of hydrogen-bond donors (Lipinski definition) is 2. The first-order valence-electron chi connectivity index (χ1n) is 5.72. The molecular weight excluding hydrogens is 268 g/mol. The van der Waals surface area contributed by atoms with Gasteiger partial charge in [-0.2, -0.15) is 0 Å². The number of carbonyl (C=O) groups is 1. The van der Waals surface area contributed by atoms with Crippen molar-refractivity contribution in [2.45, 2.75) is 6.92 Å². The van der Waals surface area contributed by atoms with Gasteiger partial charge in [-0.3, -0.25) is 4.79 Å². The number of hydrogen-bond acceptors (Lipinski definition) is 5. The summed E-state index contributed by atoms with van der Waals surface area (Å²) < 4.78 is 4.97. The second kappa shape index (κ2) is 6.19. The zero-order valence-electron chi connectivity index (χ0n) is 10.3. The SMILES string of the molecule is Cc1nc(Cl)cc(NCCNC(=O)c2ccco2)n1. The molecule has 0 saturated heterocycles. The molecule has 7 heteroatoms. The van der Waals surface area contributed by atoms with Crippen LogP contribution >= 0.6 is 11.6 Å². The molecule has 2 aromatic heterocycles. The van der Waals surface area contributed by atoms with Gasteiger partial charge in [0, 0.05) is 19.2 Å². The summed E-state index contributed by atoms with van der Waals surface area (Å²) in [6.45, 7) is 2.73. The fourth-order valence-corrected chi connectivity index (χ4v) is 1.71. The maximum atomic E-state index is 11.5. The first kappa shape index (κ1) is 13.4. The Hall–Kier alpha value is -2.08. The molecule has 0 aromatic carbocycles. The van der Waals surface area contributed by atoms with E-state index >= 15 is 0 Å². The Balaban J connectivity index is 1.76. The molecule has 0 fully saturated rings. The van der Waals surface area contributed by atoms with E-state index in [0.29, 0.717) is 35.6 Å². The van der Waals surface area contributed by atoms with E-state index in [4.69, 9.17) is 16.0 Å². The molecule has 0 aliphatic heterocycles. The summed E-state index contributed by atoms with van der Waals surface area (Å²) in [5.74, 6) is 1.27. The molecule has 0 aliphatic rings. The number of anilines is 1. The molecule has 0 radical (unpaired) electrons. The normalized spacial score (nSPS) is 10.2. The molecule has 0 bridgehead atoms. The number of nitrogens with zero attached hydrogens (tertiary/aromatic N) is 2. The third-order valence-corrected chi connectivity index (χ3v) is 2.46. The number of amides is 1. The van der Waals surface area contributed by atoms with E-state index < -0.39 is 0 Å². The average molecular weight is 281 g/mol. The minimum absolute atomic E-state index is 0.247. The second-order valence-electron chi connectivity index (χ2n) is 3.78. The molecule has 2 heterocycles. The van der Waals surface area contributed by atoms with Crippen molar-refractivity contribution in [3.05, 3.63) is 41.2 Å². The van der Waals surface area contributed by atoms with Crippen LogP contribution in [0.5, 0.6) is 0 Å². The molecule has 19 heavy (non-hydrogen) atoms. The summed E-state index contributed by atoms with van der Waals surface area (Å²) in [6, 6.07) is 4.90. The van der Waals surface area contributed by atoms with Gasteiger partial charge in [-0.25, -0.2) is 9.97 Å². The highest BCUT2D eigenvalue weighted by Crippen LogP contribution is 2.10. The van der Waals surface area contributed by atoms with Crippen LogP contribution in [0, 0.1) is 6.92 Å². The molecule has 0 atom stereocenters. The third kappa shape index (κ3) is 3.96. The Labute approximate surface area is 115 Å². The zero-order chi connectivity index (χ0) is 13.7. The highest BCUT2D eigenvalue weighted by molar-refractivity contribution is 6.29. The average Bonchev–Trinajstić information content (AvgIpc) is 2.87. The van der Waals surface area contributed by atoms with E-state index in [9.17, 15) is 4.79 Å². The predicted molar refractivity (Wildman–Crippen MR) is 71.3 cm³/mol. The molecule has 0 saturated carbocycles. The van der Waals surface area contributed by atoms with Crippen LogP contribution in [0.3, 0.4) is 0 Å². The Morgan fingerprint density at radius 2 is 2.26 bits per heavy atom. The van der Waals surface area contributed by atoms with Gasteiger partial charge in [0.15, 0.2) is 5.76 Å². The fraction of sp³-hybridized carbons (Fsp3) is 0.250. The Kier molecular flexibility index (Phi) is 4.35. The lowest BCUT2D eigenvalue weighted by atomic mass is 10.4. The van der Waals surface area contributed by atoms with Crippen molar-refractivity contribution in [1.29, 1.82) is 0 Å². The predicted octanol–water partition coefficient (Wildman–Crippen LogP) is 1.87. The van der Waals surface area contributed by atoms with Gasteiger partial charge in [-0.1, -0.05) is 11.6 Å². The number of nitrogens with one attached hydrogen (secondary N) is 2. The van der Waals surface area contributed by atoms with Gasteiger partial charge in [0.25, 0.3) is 5.91 Å². The van der Waals surface area contributed by atoms with Crippen LogP contribution in [-0.4, -0.2) is 29.0 Å². The Morgan fingerprint density at radius 1 is 1.42 bits per heavy atom. The Morgan fingerprint density at radius 3 is 2.95 bits per heavy atom. The molecule has 0 aliphatic carbocycles. The lowest BCUT2D eigenvalue weighted by molar-refractivity contribution is 0.0927. The summed E-state index contributed by atoms with van der Waals surface area (Å²) >= 11 is 5.81. The minimum atomic E-state index is -0.247. The van der Waals surface area contributed by atoms with Crippen molar-refractivity contribution in [3.8, 4) is 0 Å². The van der Waals surface area contributed by atoms with Crippen molar-refractivity contribution in [2.75, 3.05) is 18.4 Å². The van der Waals surface area contributed by atoms with E-state index in [1.165, 1.54) is 6.26 Å². The second-order valence-corrected chi connectivity index (χ2v) is 4.17. The minimum Gasteiger partial charge on any atom is -0.459 e. The van der Waals surface area contributed by atoms with Gasteiger partial charge >= 0.3 is 0 Å². The summed E-state index contributed by atoms with van der Waals surface area (Å²) in [4.78, 5) is 19.7. The van der Waals surface area contributed by atoms with Crippen molar-refractivity contribution in [2.24, 2.45) is 0 Å². The first-order valence-corrected chi connectivity index (χ1v) is 6.10. The van der Waals surface area contributed by atoms with E-state index in [0.717, 1.165) is 0 Å². The molecule has 1 amide bonds. The van der Waals surface area contributed by atoms with Crippen molar-refractivity contribution < 1.29 is 9.21 Å². The van der Waals surface area contributed by atoms with E-state index in [-0.39, 0.29) is 5.91 Å². The standard InChI is InChI=1S/C12H13ClN4O2/c1-8-16-10(13)7-11(17-8)14-4-5-15-12(18)9-3-2-6-19-9/h2-3,6-7H,4-5H2,1H3,(H,15,18)(H,14,16,17). The molecule has 6 nitrogen and oxygen atoms in total. The van der Waals surface area contributed by atoms with Crippen LogP contribution in [0.15, 0.2) is 28.9 Å². The number of aryl methyl sites for hydroxylation is 1. The summed E-state index contributed by atoms with van der Waals surface area (Å²) in [6.07, 6.45) is 1.46. The van der Waals surface area contributed by atoms with Crippen LogP contribution in [0.1, 0.15) is 16.4 Å². The number of furan rings is 1. The van der Waals surface area contributed by atoms with Gasteiger partial charge in [0.05, 0.1) is 6.26 Å². The van der Waals surface area contributed by atoms with Crippen LogP contribution in [0.2, 0.25) is 5.15 Å². The number of carbonyl (C=O) groups excluding carboxylic acids is 1. The van der Waals surface area contributed by atoms with Gasteiger partial charge < -0.3 is 15.1 Å². The highest BCUT2D eigenvalue weighted by Gasteiger charge is 2.06. The van der Waals surface area contributed by atoms with Gasteiger partial charge in [-0.05, 0) is 19.1 Å². The van der Waals surface area contributed by atoms with Gasteiger partial charge in [-0.15, -0.1) is 0 Å². The van der Waals surface area contributed by atoms with E-state index in [1.807, 2.05) is 0 Å². The molecule has 0 spiro atoms. The highest BCUT2D eigenvalue weighted by atomic mass is 35.5. The molecule has 2 aromatic rings. The summed E-state index contributed by atoms with van der Waals surface area (Å²) in [5.41, 5.74) is 0. The molecule has 2 rings (SSSR count). The van der Waals surface area contributed by atoms with Crippen molar-refractivity contribution in [3.63, 3.8) is 0 Å². The quantitative estimate of drug-likeness (QED) is 0.646. The van der Waals surface area contributed by atoms with Gasteiger partial charge in [0.1, 0.15) is 16.8 Å². The smallest absolute Gasteiger partial charge is 0.287 e. The summed E-state index contributed by atoms with van der Waals surface area (Å²) in [7, 11) is 0. The topological polar surface area (TPSA) is 80.0 Å². The van der Waals surface area contributed by atoms with Crippen LogP contribution in [0.25, 0.3) is 0 Å².